The van der Waals surface area contributed by atoms with Gasteiger partial charge in [-0.15, -0.1) is 0 Å². The Balaban J connectivity index is 1.93. The summed E-state index contributed by atoms with van der Waals surface area (Å²) in [5, 5.41) is 0. The van der Waals surface area contributed by atoms with Gasteiger partial charge < -0.3 is 0 Å². The predicted molar refractivity (Wildman–Crippen MR) is 57.1 cm³/mol. The normalized spacial score (nSPS) is 28.9. The lowest BCUT2D eigenvalue weighted by Gasteiger charge is -2.25. The highest BCUT2D eigenvalue weighted by atomic mass is 16.2. The fourth-order valence-corrected chi connectivity index (χ4v) is 2.67. The highest BCUT2D eigenvalue weighted by Gasteiger charge is 2.36. The van der Waals surface area contributed by atoms with Crippen LogP contribution in [0.4, 0.5) is 0 Å². The summed E-state index contributed by atoms with van der Waals surface area (Å²) >= 11 is 0. The van der Waals surface area contributed by atoms with Gasteiger partial charge in [-0.25, -0.2) is 0 Å². The first kappa shape index (κ1) is 10.7. The second-order valence-corrected chi connectivity index (χ2v) is 4.95. The minimum absolute atomic E-state index is 0.0399. The van der Waals surface area contributed by atoms with E-state index < -0.39 is 0 Å². The average molecular weight is 209 g/mol. The number of nitrogens with zero attached hydrogens (tertiary/aromatic N) is 1. The van der Waals surface area contributed by atoms with E-state index in [0.29, 0.717) is 18.9 Å². The van der Waals surface area contributed by atoms with Gasteiger partial charge in [-0.3, -0.25) is 14.5 Å². The smallest absolute Gasteiger partial charge is 0.232 e. The van der Waals surface area contributed by atoms with Crippen LogP contribution in [0.25, 0.3) is 0 Å². The van der Waals surface area contributed by atoms with E-state index in [9.17, 15) is 9.59 Å². The molecule has 1 aliphatic carbocycles. The molecule has 0 unspecified atom stereocenters. The van der Waals surface area contributed by atoms with Crippen molar-refractivity contribution in [3.05, 3.63) is 0 Å². The molecule has 0 aromatic heterocycles. The molecule has 2 rings (SSSR count). The van der Waals surface area contributed by atoms with Crippen LogP contribution in [-0.4, -0.2) is 23.3 Å². The first-order chi connectivity index (χ1) is 7.18. The van der Waals surface area contributed by atoms with Crippen molar-refractivity contribution < 1.29 is 9.59 Å². The van der Waals surface area contributed by atoms with Crippen molar-refractivity contribution >= 4 is 11.8 Å². The lowest BCUT2D eigenvalue weighted by atomic mass is 9.89. The molecule has 0 aromatic carbocycles. The summed E-state index contributed by atoms with van der Waals surface area (Å²) in [7, 11) is 0. The third-order valence-corrected chi connectivity index (χ3v) is 3.63. The molecular formula is C12H19NO2. The lowest BCUT2D eigenvalue weighted by molar-refractivity contribution is -0.140. The van der Waals surface area contributed by atoms with Crippen LogP contribution in [0.2, 0.25) is 0 Å². The van der Waals surface area contributed by atoms with Crippen molar-refractivity contribution in [3.63, 3.8) is 0 Å². The Morgan fingerprint density at radius 1 is 1.20 bits per heavy atom. The van der Waals surface area contributed by atoms with Gasteiger partial charge in [-0.1, -0.05) is 26.2 Å². The van der Waals surface area contributed by atoms with E-state index in [-0.39, 0.29) is 17.7 Å². The van der Waals surface area contributed by atoms with Gasteiger partial charge >= 0.3 is 0 Å². The standard InChI is InChI=1S/C12H19NO2/c1-9-7-11(14)13(12(9)15)8-10-5-3-2-4-6-10/h9-10H,2-8H2,1H3/t9-/m1/s1. The molecule has 2 amide bonds. The van der Waals surface area contributed by atoms with Gasteiger partial charge in [-0.05, 0) is 18.8 Å². The van der Waals surface area contributed by atoms with Crippen LogP contribution >= 0.6 is 0 Å². The first-order valence-electron chi connectivity index (χ1n) is 6.02. The maximum absolute atomic E-state index is 11.7. The van der Waals surface area contributed by atoms with Gasteiger partial charge in [0.05, 0.1) is 0 Å². The van der Waals surface area contributed by atoms with Gasteiger partial charge in [-0.2, -0.15) is 0 Å². The molecule has 84 valence electrons. The van der Waals surface area contributed by atoms with Crippen LogP contribution in [0.15, 0.2) is 0 Å². The Bertz CT molecular complexity index is 269. The summed E-state index contributed by atoms with van der Waals surface area (Å²) in [5.74, 6) is 0.571. The van der Waals surface area contributed by atoms with E-state index in [2.05, 4.69) is 0 Å². The number of rotatable bonds is 2. The third kappa shape index (κ3) is 2.21. The van der Waals surface area contributed by atoms with Crippen molar-refractivity contribution in [1.82, 2.24) is 4.90 Å². The van der Waals surface area contributed by atoms with E-state index in [1.54, 1.807) is 0 Å². The number of carbonyl (C=O) groups is 2. The van der Waals surface area contributed by atoms with E-state index in [0.717, 1.165) is 0 Å². The van der Waals surface area contributed by atoms with E-state index in [1.807, 2.05) is 6.92 Å². The van der Waals surface area contributed by atoms with Crippen LogP contribution in [0, 0.1) is 11.8 Å². The average Bonchev–Trinajstić information content (AvgIpc) is 2.47. The molecule has 1 saturated heterocycles. The highest BCUT2D eigenvalue weighted by Crippen LogP contribution is 2.27. The van der Waals surface area contributed by atoms with Gasteiger partial charge in [0.25, 0.3) is 0 Å². The van der Waals surface area contributed by atoms with E-state index in [4.69, 9.17) is 0 Å². The Kier molecular flexibility index (Phi) is 3.08. The van der Waals surface area contributed by atoms with Crippen molar-refractivity contribution in [2.75, 3.05) is 6.54 Å². The maximum atomic E-state index is 11.7. The van der Waals surface area contributed by atoms with Crippen molar-refractivity contribution in [1.29, 1.82) is 0 Å². The Labute approximate surface area is 90.8 Å². The van der Waals surface area contributed by atoms with Gasteiger partial charge in [0.15, 0.2) is 0 Å². The number of amides is 2. The number of hydrogen-bond acceptors (Lipinski definition) is 2. The monoisotopic (exact) mass is 209 g/mol. The molecule has 0 N–H and O–H groups in total. The Hall–Kier alpha value is -0.860. The molecule has 15 heavy (non-hydrogen) atoms. The maximum Gasteiger partial charge on any atom is 0.232 e. The molecule has 0 radical (unpaired) electrons. The molecule has 0 aromatic rings. The minimum atomic E-state index is -0.0823. The zero-order valence-corrected chi connectivity index (χ0v) is 9.37. The summed E-state index contributed by atoms with van der Waals surface area (Å²) in [6, 6.07) is 0. The SMILES string of the molecule is C[C@@H]1CC(=O)N(CC2CCCCC2)C1=O. The lowest BCUT2D eigenvalue weighted by Crippen LogP contribution is -2.35. The Morgan fingerprint density at radius 3 is 2.40 bits per heavy atom. The molecule has 2 fully saturated rings. The molecule has 1 aliphatic heterocycles. The predicted octanol–water partition coefficient (Wildman–Crippen LogP) is 1.96. The molecule has 1 heterocycles. The zero-order valence-electron chi connectivity index (χ0n) is 9.37. The van der Waals surface area contributed by atoms with E-state index in [1.165, 1.54) is 37.0 Å². The van der Waals surface area contributed by atoms with Gasteiger partial charge in [0.2, 0.25) is 11.8 Å². The summed E-state index contributed by atoms with van der Waals surface area (Å²) in [6.45, 7) is 2.53. The molecule has 0 bridgehead atoms. The van der Waals surface area contributed by atoms with Crippen LogP contribution < -0.4 is 0 Å². The summed E-state index contributed by atoms with van der Waals surface area (Å²) < 4.78 is 0. The minimum Gasteiger partial charge on any atom is -0.282 e. The zero-order chi connectivity index (χ0) is 10.8. The highest BCUT2D eigenvalue weighted by molar-refractivity contribution is 6.03. The molecule has 3 heteroatoms. The second-order valence-electron chi connectivity index (χ2n) is 4.95. The topological polar surface area (TPSA) is 37.4 Å². The van der Waals surface area contributed by atoms with Crippen molar-refractivity contribution in [2.45, 2.75) is 45.4 Å². The van der Waals surface area contributed by atoms with Gasteiger partial charge in [0.1, 0.15) is 0 Å². The summed E-state index contributed by atoms with van der Waals surface area (Å²) in [6.07, 6.45) is 6.63. The fourth-order valence-electron chi connectivity index (χ4n) is 2.67. The van der Waals surface area contributed by atoms with Gasteiger partial charge in [0, 0.05) is 18.9 Å². The van der Waals surface area contributed by atoms with Crippen LogP contribution in [0.1, 0.15) is 45.4 Å². The first-order valence-corrected chi connectivity index (χ1v) is 6.02. The Morgan fingerprint density at radius 2 is 1.87 bits per heavy atom. The molecule has 2 aliphatic rings. The molecule has 1 saturated carbocycles. The molecule has 3 nitrogen and oxygen atoms in total. The molecular weight excluding hydrogens is 190 g/mol. The molecule has 0 spiro atoms. The van der Waals surface area contributed by atoms with Crippen LogP contribution in [0.5, 0.6) is 0 Å². The number of imide groups is 1. The largest absolute Gasteiger partial charge is 0.282 e. The number of likely N-dealkylation sites (tertiary alicyclic amines) is 1. The van der Waals surface area contributed by atoms with Crippen molar-refractivity contribution in [2.24, 2.45) is 11.8 Å². The fraction of sp³-hybridized carbons (Fsp3) is 0.833. The number of carbonyl (C=O) groups excluding carboxylic acids is 2. The van der Waals surface area contributed by atoms with Crippen LogP contribution in [0.3, 0.4) is 0 Å². The van der Waals surface area contributed by atoms with E-state index >= 15 is 0 Å². The second kappa shape index (κ2) is 4.33. The van der Waals surface area contributed by atoms with Crippen LogP contribution in [-0.2, 0) is 9.59 Å². The van der Waals surface area contributed by atoms with Crippen molar-refractivity contribution in [3.8, 4) is 0 Å². The summed E-state index contributed by atoms with van der Waals surface area (Å²) in [5.41, 5.74) is 0. The molecule has 1 atom stereocenters. The number of hydrogen-bond donors (Lipinski definition) is 0. The quantitative estimate of drug-likeness (QED) is 0.652. The third-order valence-electron chi connectivity index (χ3n) is 3.63. The summed E-state index contributed by atoms with van der Waals surface area (Å²) in [4.78, 5) is 24.8.